The van der Waals surface area contributed by atoms with Crippen molar-refractivity contribution in [2.45, 2.75) is 12.7 Å². The monoisotopic (exact) mass is 210 g/mol. The van der Waals surface area contributed by atoms with E-state index in [-0.39, 0.29) is 6.29 Å². The lowest BCUT2D eigenvalue weighted by molar-refractivity contribution is 0.0711. The lowest BCUT2D eigenvalue weighted by atomic mass is 10.1. The third kappa shape index (κ3) is 1.70. The van der Waals surface area contributed by atoms with Crippen molar-refractivity contribution in [3.05, 3.63) is 36.4 Å². The zero-order valence-corrected chi connectivity index (χ0v) is 8.46. The predicted molar refractivity (Wildman–Crippen MR) is 56.1 cm³/mol. The van der Waals surface area contributed by atoms with E-state index >= 15 is 0 Å². The van der Waals surface area contributed by atoms with Crippen LogP contribution in [0.25, 0.3) is 0 Å². The summed E-state index contributed by atoms with van der Waals surface area (Å²) in [5.41, 5.74) is 1.16. The first kappa shape index (κ1) is 9.41. The normalized spacial score (nSPS) is 18.2. The molecule has 0 radical (unpaired) electrons. The Morgan fingerprint density at radius 2 is 2.14 bits per heavy atom. The molecule has 1 atom stereocenters. The van der Waals surface area contributed by atoms with E-state index in [9.17, 15) is 0 Å². The summed E-state index contributed by atoms with van der Waals surface area (Å²) in [4.78, 5) is 0. The molecule has 2 nitrogen and oxygen atoms in total. The van der Waals surface area contributed by atoms with Gasteiger partial charge in [0.25, 0.3) is 6.29 Å². The second-order valence-corrected chi connectivity index (χ2v) is 3.40. The van der Waals surface area contributed by atoms with Crippen LogP contribution in [0.15, 0.2) is 30.9 Å². The first-order valence-electron chi connectivity index (χ1n) is 4.46. The highest BCUT2D eigenvalue weighted by Crippen LogP contribution is 2.35. The predicted octanol–water partition coefficient (Wildman–Crippen LogP) is 2.75. The summed E-state index contributed by atoms with van der Waals surface area (Å²) in [6.45, 7) is 3.69. The van der Waals surface area contributed by atoms with E-state index in [0.717, 1.165) is 23.5 Å². The lowest BCUT2D eigenvalue weighted by Crippen LogP contribution is -2.19. The van der Waals surface area contributed by atoms with Gasteiger partial charge in [0.1, 0.15) is 0 Å². The number of rotatable bonds is 3. The Bertz CT molecular complexity index is 349. The highest BCUT2D eigenvalue weighted by molar-refractivity contribution is 6.18. The summed E-state index contributed by atoms with van der Waals surface area (Å²) < 4.78 is 10.9. The van der Waals surface area contributed by atoms with Crippen LogP contribution < -0.4 is 9.47 Å². The van der Waals surface area contributed by atoms with Crippen molar-refractivity contribution >= 4 is 11.6 Å². The van der Waals surface area contributed by atoms with E-state index in [1.54, 1.807) is 0 Å². The topological polar surface area (TPSA) is 18.5 Å². The zero-order valence-electron chi connectivity index (χ0n) is 7.70. The molecule has 74 valence electrons. The molecule has 3 heteroatoms. The molecule has 14 heavy (non-hydrogen) atoms. The molecule has 2 rings (SSSR count). The molecule has 0 saturated carbocycles. The summed E-state index contributed by atoms with van der Waals surface area (Å²) in [6.07, 6.45) is 2.35. The van der Waals surface area contributed by atoms with Crippen LogP contribution in [0.5, 0.6) is 11.5 Å². The molecular weight excluding hydrogens is 200 g/mol. The smallest absolute Gasteiger partial charge is 0.254 e. The Labute approximate surface area is 88.1 Å². The number of allylic oxidation sites excluding steroid dienone is 1. The summed E-state index contributed by atoms with van der Waals surface area (Å²) >= 11 is 5.63. The van der Waals surface area contributed by atoms with Gasteiger partial charge in [-0.2, -0.15) is 0 Å². The number of halogens is 1. The van der Waals surface area contributed by atoms with Gasteiger partial charge in [-0.25, -0.2) is 0 Å². The van der Waals surface area contributed by atoms with Crippen molar-refractivity contribution in [1.29, 1.82) is 0 Å². The summed E-state index contributed by atoms with van der Waals surface area (Å²) in [5.74, 6) is 1.88. The van der Waals surface area contributed by atoms with E-state index in [4.69, 9.17) is 21.1 Å². The summed E-state index contributed by atoms with van der Waals surface area (Å²) in [6, 6.07) is 5.87. The first-order valence-corrected chi connectivity index (χ1v) is 5.00. The lowest BCUT2D eigenvalue weighted by Gasteiger charge is -2.03. The molecule has 0 saturated heterocycles. The zero-order chi connectivity index (χ0) is 9.97. The van der Waals surface area contributed by atoms with Gasteiger partial charge < -0.3 is 9.47 Å². The molecule has 1 aliphatic heterocycles. The molecule has 1 aromatic carbocycles. The third-order valence-electron chi connectivity index (χ3n) is 2.03. The van der Waals surface area contributed by atoms with E-state index in [1.165, 1.54) is 0 Å². The van der Waals surface area contributed by atoms with Crippen molar-refractivity contribution in [3.63, 3.8) is 0 Å². The summed E-state index contributed by atoms with van der Waals surface area (Å²) in [5, 5.41) is 0. The Morgan fingerprint density at radius 3 is 2.86 bits per heavy atom. The molecule has 0 spiro atoms. The first-order chi connectivity index (χ1) is 6.83. The average Bonchev–Trinajstić information content (AvgIpc) is 2.60. The number of hydrogen-bond donors (Lipinski definition) is 0. The number of hydrogen-bond acceptors (Lipinski definition) is 2. The van der Waals surface area contributed by atoms with Crippen LogP contribution >= 0.6 is 11.6 Å². The van der Waals surface area contributed by atoms with E-state index < -0.39 is 0 Å². The third-order valence-corrected chi connectivity index (χ3v) is 2.28. The maximum Gasteiger partial charge on any atom is 0.254 e. The van der Waals surface area contributed by atoms with Gasteiger partial charge in [-0.3, -0.25) is 0 Å². The second kappa shape index (κ2) is 3.93. The largest absolute Gasteiger partial charge is 0.450 e. The van der Waals surface area contributed by atoms with Gasteiger partial charge in [-0.15, -0.1) is 18.2 Å². The molecule has 1 unspecified atom stereocenters. The SMILES string of the molecule is C=CCc1ccc2c(c1)OC(CCl)O2. The van der Waals surface area contributed by atoms with Gasteiger partial charge in [-0.05, 0) is 24.1 Å². The van der Waals surface area contributed by atoms with Gasteiger partial charge in [-0.1, -0.05) is 12.1 Å². The van der Waals surface area contributed by atoms with E-state index in [2.05, 4.69) is 6.58 Å². The van der Waals surface area contributed by atoms with Gasteiger partial charge in [0.05, 0.1) is 5.88 Å². The van der Waals surface area contributed by atoms with Gasteiger partial charge in [0.2, 0.25) is 0 Å². The van der Waals surface area contributed by atoms with Crippen LogP contribution in [-0.2, 0) is 6.42 Å². The minimum atomic E-state index is -0.342. The van der Waals surface area contributed by atoms with Gasteiger partial charge in [0.15, 0.2) is 11.5 Å². The second-order valence-electron chi connectivity index (χ2n) is 3.09. The highest BCUT2D eigenvalue weighted by atomic mass is 35.5. The maximum absolute atomic E-state index is 5.63. The average molecular weight is 211 g/mol. The minimum absolute atomic E-state index is 0.339. The van der Waals surface area contributed by atoms with Crippen LogP contribution in [0.1, 0.15) is 5.56 Å². The Hall–Kier alpha value is -1.15. The minimum Gasteiger partial charge on any atom is -0.450 e. The van der Waals surface area contributed by atoms with Crippen LogP contribution in [0.2, 0.25) is 0 Å². The quantitative estimate of drug-likeness (QED) is 0.564. The molecule has 0 aliphatic carbocycles. The molecule has 0 N–H and O–H groups in total. The fourth-order valence-corrected chi connectivity index (χ4v) is 1.53. The molecule has 1 aromatic rings. The van der Waals surface area contributed by atoms with Gasteiger partial charge >= 0.3 is 0 Å². The molecule has 0 fully saturated rings. The Kier molecular flexibility index (Phi) is 2.64. The molecule has 1 heterocycles. The van der Waals surface area contributed by atoms with Crippen LogP contribution in [-0.4, -0.2) is 12.2 Å². The van der Waals surface area contributed by atoms with Gasteiger partial charge in [0, 0.05) is 0 Å². The fourth-order valence-electron chi connectivity index (χ4n) is 1.41. The van der Waals surface area contributed by atoms with Crippen LogP contribution in [0.3, 0.4) is 0 Å². The maximum atomic E-state index is 5.63. The van der Waals surface area contributed by atoms with Crippen molar-refractivity contribution in [1.82, 2.24) is 0 Å². The Balaban J connectivity index is 2.21. The van der Waals surface area contributed by atoms with Crippen molar-refractivity contribution in [2.24, 2.45) is 0 Å². The molecule has 0 amide bonds. The fraction of sp³-hybridized carbons (Fsp3) is 0.273. The molecule has 1 aliphatic rings. The van der Waals surface area contributed by atoms with Crippen molar-refractivity contribution in [2.75, 3.05) is 5.88 Å². The van der Waals surface area contributed by atoms with Crippen molar-refractivity contribution < 1.29 is 9.47 Å². The summed E-state index contributed by atoms with van der Waals surface area (Å²) in [7, 11) is 0. The van der Waals surface area contributed by atoms with Crippen molar-refractivity contribution in [3.8, 4) is 11.5 Å². The Morgan fingerprint density at radius 1 is 1.36 bits per heavy atom. The number of alkyl halides is 1. The van der Waals surface area contributed by atoms with E-state index in [0.29, 0.717) is 5.88 Å². The van der Waals surface area contributed by atoms with E-state index in [1.807, 2.05) is 24.3 Å². The number of fused-ring (bicyclic) bond motifs is 1. The highest BCUT2D eigenvalue weighted by Gasteiger charge is 2.22. The molecule has 0 bridgehead atoms. The number of benzene rings is 1. The van der Waals surface area contributed by atoms with Crippen LogP contribution in [0.4, 0.5) is 0 Å². The molecular formula is C11H11ClO2. The number of ether oxygens (including phenoxy) is 2. The molecule has 0 aromatic heterocycles. The standard InChI is InChI=1S/C11H11ClO2/c1-2-3-8-4-5-9-10(6-8)14-11(7-12)13-9/h2,4-6,11H,1,3,7H2. The van der Waals surface area contributed by atoms with Crippen LogP contribution in [0, 0.1) is 0 Å².